The quantitative estimate of drug-likeness (QED) is 0.574. The molecule has 22 heavy (non-hydrogen) atoms. The lowest BCUT2D eigenvalue weighted by atomic mass is 9.91. The smallest absolute Gasteiger partial charge is 0.296 e. The number of ketones is 1. The second kappa shape index (κ2) is 6.25. The summed E-state index contributed by atoms with van der Waals surface area (Å²) in [5.41, 5.74) is 1.30. The van der Waals surface area contributed by atoms with Gasteiger partial charge >= 0.3 is 0 Å². The Kier molecular flexibility index (Phi) is 4.58. The van der Waals surface area contributed by atoms with E-state index in [4.69, 9.17) is 0 Å². The number of Topliss-reactive ketones (excluding diaryl/α,β-unsaturated/α-hetero) is 1. The highest BCUT2D eigenvalue weighted by Gasteiger charge is 2.35. The van der Waals surface area contributed by atoms with Crippen molar-refractivity contribution in [1.29, 1.82) is 0 Å². The number of aliphatic hydroxyl groups excluding tert-OH is 2. The van der Waals surface area contributed by atoms with Gasteiger partial charge in [-0.2, -0.15) is 0 Å². The van der Waals surface area contributed by atoms with Crippen molar-refractivity contribution in [3.05, 3.63) is 28.8 Å². The van der Waals surface area contributed by atoms with Crippen LogP contribution in [0.2, 0.25) is 0 Å². The number of rotatable bonds is 5. The summed E-state index contributed by atoms with van der Waals surface area (Å²) in [7, 11) is 0. The highest BCUT2D eigenvalue weighted by Crippen LogP contribution is 2.34. The van der Waals surface area contributed by atoms with Crippen LogP contribution in [0.1, 0.15) is 40.9 Å². The number of anilines is 1. The van der Waals surface area contributed by atoms with Gasteiger partial charge in [0.05, 0.1) is 17.4 Å². The number of hydrogen-bond donors (Lipinski definition) is 4. The predicted molar refractivity (Wildman–Crippen MR) is 78.4 cm³/mol. The van der Waals surface area contributed by atoms with Gasteiger partial charge in [-0.1, -0.05) is 6.07 Å². The van der Waals surface area contributed by atoms with Crippen LogP contribution >= 0.6 is 0 Å². The van der Waals surface area contributed by atoms with Gasteiger partial charge in [-0.25, -0.2) is 0 Å². The van der Waals surface area contributed by atoms with Crippen molar-refractivity contribution in [3.8, 4) is 0 Å². The van der Waals surface area contributed by atoms with Crippen LogP contribution in [0.25, 0.3) is 0 Å². The average molecular weight is 306 g/mol. The molecule has 0 saturated heterocycles. The molecule has 0 bridgehead atoms. The number of nitrogens with one attached hydrogen (secondary N) is 2. The van der Waals surface area contributed by atoms with E-state index in [-0.39, 0.29) is 30.0 Å². The molecule has 1 heterocycles. The summed E-state index contributed by atoms with van der Waals surface area (Å²) in [6.07, 6.45) is -2.36. The molecule has 1 aliphatic heterocycles. The van der Waals surface area contributed by atoms with Gasteiger partial charge in [0.2, 0.25) is 5.91 Å². The Labute approximate surface area is 127 Å². The minimum absolute atomic E-state index is 0.107. The predicted octanol–water partition coefficient (Wildman–Crippen LogP) is 0.0503. The molecule has 0 aliphatic carbocycles. The van der Waals surface area contributed by atoms with E-state index in [0.717, 1.165) is 0 Å². The average Bonchev–Trinajstić information content (AvgIpc) is 2.73. The maximum Gasteiger partial charge on any atom is 0.296 e. The minimum Gasteiger partial charge on any atom is -0.390 e. The van der Waals surface area contributed by atoms with Crippen LogP contribution in [-0.4, -0.2) is 40.5 Å². The zero-order valence-corrected chi connectivity index (χ0v) is 12.3. The molecule has 1 aromatic carbocycles. The summed E-state index contributed by atoms with van der Waals surface area (Å²) in [6.45, 7) is 3.25. The number of aryl methyl sites for hydroxylation is 1. The first-order valence-corrected chi connectivity index (χ1v) is 6.92. The first kappa shape index (κ1) is 16.1. The summed E-state index contributed by atoms with van der Waals surface area (Å²) in [6, 6.07) is 3.25. The number of benzene rings is 1. The van der Waals surface area contributed by atoms with Crippen molar-refractivity contribution in [2.75, 3.05) is 11.9 Å². The van der Waals surface area contributed by atoms with Crippen molar-refractivity contribution in [2.24, 2.45) is 0 Å². The van der Waals surface area contributed by atoms with E-state index < -0.39 is 23.9 Å². The summed E-state index contributed by atoms with van der Waals surface area (Å²) < 4.78 is 0. The second-order valence-electron chi connectivity index (χ2n) is 5.29. The SMILES string of the molecule is CC(=O)NCCC(O)C(O)c1c(C)ccc2c1C(=O)C(=O)N2. The van der Waals surface area contributed by atoms with Crippen LogP contribution in [0.15, 0.2) is 12.1 Å². The largest absolute Gasteiger partial charge is 0.390 e. The lowest BCUT2D eigenvalue weighted by Gasteiger charge is -2.22. The van der Waals surface area contributed by atoms with Crippen molar-refractivity contribution in [3.63, 3.8) is 0 Å². The maximum absolute atomic E-state index is 11.9. The van der Waals surface area contributed by atoms with Crippen LogP contribution in [0, 0.1) is 6.92 Å². The van der Waals surface area contributed by atoms with Crippen LogP contribution in [0.5, 0.6) is 0 Å². The Balaban J connectivity index is 2.25. The fourth-order valence-electron chi connectivity index (χ4n) is 2.49. The Hall–Kier alpha value is -2.25. The number of fused-ring (bicyclic) bond motifs is 1. The van der Waals surface area contributed by atoms with Crippen molar-refractivity contribution < 1.29 is 24.6 Å². The summed E-state index contributed by atoms with van der Waals surface area (Å²) in [5.74, 6) is -1.70. The van der Waals surface area contributed by atoms with E-state index in [0.29, 0.717) is 11.3 Å². The Morgan fingerprint density at radius 1 is 1.32 bits per heavy atom. The lowest BCUT2D eigenvalue weighted by molar-refractivity contribution is -0.119. The first-order valence-electron chi connectivity index (χ1n) is 6.92. The van der Waals surface area contributed by atoms with E-state index in [1.54, 1.807) is 19.1 Å². The van der Waals surface area contributed by atoms with Gasteiger partial charge in [0.25, 0.3) is 11.7 Å². The van der Waals surface area contributed by atoms with E-state index in [2.05, 4.69) is 10.6 Å². The molecule has 1 aliphatic rings. The number of carbonyl (C=O) groups is 3. The molecular weight excluding hydrogens is 288 g/mol. The van der Waals surface area contributed by atoms with E-state index in [1.165, 1.54) is 6.92 Å². The standard InChI is InChI=1S/C15H18N2O5/c1-7-3-4-9-12(14(21)15(22)17-9)11(7)13(20)10(19)5-6-16-8(2)18/h3-4,10,13,19-20H,5-6H2,1-2H3,(H,16,18)(H,17,21,22). The first-order chi connectivity index (χ1) is 10.3. The Morgan fingerprint density at radius 2 is 2.00 bits per heavy atom. The topological polar surface area (TPSA) is 116 Å². The molecule has 1 aromatic rings. The Bertz CT molecular complexity index is 641. The molecule has 118 valence electrons. The van der Waals surface area contributed by atoms with Crippen LogP contribution in [0.3, 0.4) is 0 Å². The molecule has 0 fully saturated rings. The maximum atomic E-state index is 11.9. The molecule has 0 aromatic heterocycles. The molecule has 0 radical (unpaired) electrons. The summed E-state index contributed by atoms with van der Waals surface area (Å²) in [5, 5.41) is 25.4. The third kappa shape index (κ3) is 3.00. The molecule has 4 N–H and O–H groups in total. The molecular formula is C15H18N2O5. The zero-order chi connectivity index (χ0) is 16.4. The van der Waals surface area contributed by atoms with E-state index in [9.17, 15) is 24.6 Å². The molecule has 2 amide bonds. The fraction of sp³-hybridized carbons (Fsp3) is 0.400. The number of amides is 2. The minimum atomic E-state index is -1.32. The molecule has 7 nitrogen and oxygen atoms in total. The van der Waals surface area contributed by atoms with Gasteiger partial charge in [0.15, 0.2) is 0 Å². The van der Waals surface area contributed by atoms with Gasteiger partial charge in [0, 0.05) is 13.5 Å². The van der Waals surface area contributed by atoms with Gasteiger partial charge in [0.1, 0.15) is 6.10 Å². The van der Waals surface area contributed by atoms with Crippen LogP contribution < -0.4 is 10.6 Å². The Morgan fingerprint density at radius 3 is 2.64 bits per heavy atom. The summed E-state index contributed by atoms with van der Waals surface area (Å²) in [4.78, 5) is 34.2. The van der Waals surface area contributed by atoms with Crippen molar-refractivity contribution >= 4 is 23.3 Å². The monoisotopic (exact) mass is 306 g/mol. The van der Waals surface area contributed by atoms with Gasteiger partial charge < -0.3 is 20.8 Å². The highest BCUT2D eigenvalue weighted by atomic mass is 16.3. The third-order valence-corrected chi connectivity index (χ3v) is 3.62. The normalized spacial score (nSPS) is 16.0. The highest BCUT2D eigenvalue weighted by molar-refractivity contribution is 6.52. The van der Waals surface area contributed by atoms with Gasteiger partial charge in [-0.3, -0.25) is 14.4 Å². The third-order valence-electron chi connectivity index (χ3n) is 3.62. The molecule has 0 saturated carbocycles. The molecule has 2 rings (SSSR count). The lowest BCUT2D eigenvalue weighted by Crippen LogP contribution is -2.28. The van der Waals surface area contributed by atoms with E-state index >= 15 is 0 Å². The zero-order valence-electron chi connectivity index (χ0n) is 12.3. The van der Waals surface area contributed by atoms with Gasteiger partial charge in [-0.05, 0) is 30.5 Å². The molecule has 0 spiro atoms. The molecule has 7 heteroatoms. The fourth-order valence-corrected chi connectivity index (χ4v) is 2.49. The van der Waals surface area contributed by atoms with Gasteiger partial charge in [-0.15, -0.1) is 0 Å². The van der Waals surface area contributed by atoms with E-state index in [1.807, 2.05) is 0 Å². The van der Waals surface area contributed by atoms with Crippen molar-refractivity contribution in [2.45, 2.75) is 32.5 Å². The number of aliphatic hydroxyl groups is 2. The molecule has 2 unspecified atom stereocenters. The number of carbonyl (C=O) groups excluding carboxylic acids is 3. The second-order valence-corrected chi connectivity index (χ2v) is 5.29. The summed E-state index contributed by atoms with van der Waals surface area (Å²) >= 11 is 0. The van der Waals surface area contributed by atoms with Crippen LogP contribution in [0.4, 0.5) is 5.69 Å². The van der Waals surface area contributed by atoms with Crippen LogP contribution in [-0.2, 0) is 9.59 Å². The van der Waals surface area contributed by atoms with Crippen molar-refractivity contribution in [1.82, 2.24) is 5.32 Å². The number of hydrogen-bond acceptors (Lipinski definition) is 5. The molecule has 2 atom stereocenters.